The van der Waals surface area contributed by atoms with E-state index in [1.54, 1.807) is 7.05 Å². The molecule has 2 heterocycles. The molecule has 1 aliphatic heterocycles. The Morgan fingerprint density at radius 2 is 2.03 bits per heavy atom. The number of likely N-dealkylation sites (tertiary alicyclic amines) is 1. The van der Waals surface area contributed by atoms with E-state index in [4.69, 9.17) is 4.99 Å². The van der Waals surface area contributed by atoms with E-state index < -0.39 is 0 Å². The number of aliphatic imine (C=N–C) groups is 1. The number of aromatic amines is 1. The SMILES string of the molecule is CCNC(=NCCCc1c[nH]c2ccccc12)NC1CCN(CC(=O)NC)CC1.I. The summed E-state index contributed by atoms with van der Waals surface area (Å²) in [5, 5.41) is 10.9. The highest BCUT2D eigenvalue weighted by Gasteiger charge is 2.21. The summed E-state index contributed by atoms with van der Waals surface area (Å²) in [5.74, 6) is 0.984. The van der Waals surface area contributed by atoms with Gasteiger partial charge in [-0.2, -0.15) is 0 Å². The first-order valence-corrected chi connectivity index (χ1v) is 10.7. The monoisotopic (exact) mass is 526 g/mol. The summed E-state index contributed by atoms with van der Waals surface area (Å²) >= 11 is 0. The number of carbonyl (C=O) groups excluding carboxylic acids is 1. The van der Waals surface area contributed by atoms with Crippen LogP contribution in [0.5, 0.6) is 0 Å². The molecule has 0 saturated carbocycles. The van der Waals surface area contributed by atoms with Gasteiger partial charge in [0.25, 0.3) is 0 Å². The predicted molar refractivity (Wildman–Crippen MR) is 135 cm³/mol. The molecule has 30 heavy (non-hydrogen) atoms. The second kappa shape index (κ2) is 12.8. The van der Waals surface area contributed by atoms with Gasteiger partial charge in [-0.15, -0.1) is 24.0 Å². The van der Waals surface area contributed by atoms with Crippen LogP contribution in [-0.2, 0) is 11.2 Å². The number of aryl methyl sites for hydroxylation is 1. The third-order valence-corrected chi connectivity index (χ3v) is 5.47. The Labute approximate surface area is 196 Å². The fourth-order valence-corrected chi connectivity index (χ4v) is 3.83. The van der Waals surface area contributed by atoms with Crippen molar-refractivity contribution in [1.82, 2.24) is 25.8 Å². The minimum atomic E-state index is 0. The Bertz CT molecular complexity index is 813. The number of nitrogens with zero attached hydrogens (tertiary/aromatic N) is 2. The highest BCUT2D eigenvalue weighted by molar-refractivity contribution is 14.0. The number of rotatable bonds is 8. The number of aromatic nitrogens is 1. The van der Waals surface area contributed by atoms with Crippen LogP contribution in [0.4, 0.5) is 0 Å². The average molecular weight is 526 g/mol. The lowest BCUT2D eigenvalue weighted by Crippen LogP contribution is -2.50. The molecular formula is C22H35IN6O. The maximum absolute atomic E-state index is 11.5. The van der Waals surface area contributed by atoms with Crippen LogP contribution < -0.4 is 16.0 Å². The quantitative estimate of drug-likeness (QED) is 0.184. The van der Waals surface area contributed by atoms with Crippen LogP contribution in [0.15, 0.2) is 35.5 Å². The zero-order valence-corrected chi connectivity index (χ0v) is 20.4. The first-order valence-electron chi connectivity index (χ1n) is 10.7. The summed E-state index contributed by atoms with van der Waals surface area (Å²) in [7, 11) is 1.69. The van der Waals surface area contributed by atoms with Crippen LogP contribution in [0.2, 0.25) is 0 Å². The Balaban J connectivity index is 0.00000320. The highest BCUT2D eigenvalue weighted by Crippen LogP contribution is 2.18. The van der Waals surface area contributed by atoms with E-state index in [-0.39, 0.29) is 29.9 Å². The van der Waals surface area contributed by atoms with Gasteiger partial charge in [0.05, 0.1) is 6.54 Å². The van der Waals surface area contributed by atoms with Gasteiger partial charge in [-0.3, -0.25) is 14.7 Å². The smallest absolute Gasteiger partial charge is 0.233 e. The number of halogens is 1. The number of hydrogen-bond donors (Lipinski definition) is 4. The molecule has 1 amide bonds. The van der Waals surface area contributed by atoms with Gasteiger partial charge in [-0.05, 0) is 44.2 Å². The van der Waals surface area contributed by atoms with E-state index in [9.17, 15) is 4.79 Å². The van der Waals surface area contributed by atoms with Crippen LogP contribution in [-0.4, -0.2) is 67.6 Å². The topological polar surface area (TPSA) is 84.6 Å². The molecule has 1 aromatic carbocycles. The molecule has 0 unspecified atom stereocenters. The molecule has 0 aliphatic carbocycles. The summed E-state index contributed by atoms with van der Waals surface area (Å²) < 4.78 is 0. The van der Waals surface area contributed by atoms with E-state index in [1.165, 1.54) is 16.5 Å². The summed E-state index contributed by atoms with van der Waals surface area (Å²) in [5.41, 5.74) is 2.56. The van der Waals surface area contributed by atoms with Crippen LogP contribution in [0.1, 0.15) is 31.7 Å². The molecule has 7 nitrogen and oxygen atoms in total. The van der Waals surface area contributed by atoms with Crippen molar-refractivity contribution in [2.24, 2.45) is 4.99 Å². The van der Waals surface area contributed by atoms with Crippen molar-refractivity contribution >= 4 is 46.7 Å². The number of nitrogens with one attached hydrogen (secondary N) is 4. The van der Waals surface area contributed by atoms with Crippen LogP contribution in [0.3, 0.4) is 0 Å². The molecule has 1 aromatic heterocycles. The number of para-hydroxylation sites is 1. The normalized spacial score (nSPS) is 15.6. The number of hydrogen-bond acceptors (Lipinski definition) is 3. The fourth-order valence-electron chi connectivity index (χ4n) is 3.83. The Kier molecular flexibility index (Phi) is 10.4. The zero-order valence-electron chi connectivity index (χ0n) is 18.0. The zero-order chi connectivity index (χ0) is 20.5. The van der Waals surface area contributed by atoms with Crippen molar-refractivity contribution in [3.63, 3.8) is 0 Å². The number of piperidine rings is 1. The van der Waals surface area contributed by atoms with Crippen LogP contribution >= 0.6 is 24.0 Å². The largest absolute Gasteiger partial charge is 0.361 e. The van der Waals surface area contributed by atoms with Gasteiger partial charge in [-0.1, -0.05) is 18.2 Å². The van der Waals surface area contributed by atoms with Crippen molar-refractivity contribution < 1.29 is 4.79 Å². The number of fused-ring (bicyclic) bond motifs is 1. The van der Waals surface area contributed by atoms with E-state index in [0.29, 0.717) is 12.6 Å². The fraction of sp³-hybridized carbons (Fsp3) is 0.545. The predicted octanol–water partition coefficient (Wildman–Crippen LogP) is 2.48. The molecule has 0 radical (unpaired) electrons. The maximum Gasteiger partial charge on any atom is 0.233 e. The number of likely N-dealkylation sites (N-methyl/N-ethyl adjacent to an activating group) is 1. The van der Waals surface area contributed by atoms with Gasteiger partial charge in [-0.25, -0.2) is 0 Å². The van der Waals surface area contributed by atoms with Gasteiger partial charge in [0, 0.05) is 56.4 Å². The molecule has 1 fully saturated rings. The van der Waals surface area contributed by atoms with Gasteiger partial charge in [0.15, 0.2) is 5.96 Å². The highest BCUT2D eigenvalue weighted by atomic mass is 127. The molecule has 0 bridgehead atoms. The number of H-pyrrole nitrogens is 1. The number of amides is 1. The van der Waals surface area contributed by atoms with Crippen LogP contribution in [0, 0.1) is 0 Å². The van der Waals surface area contributed by atoms with Gasteiger partial charge >= 0.3 is 0 Å². The second-order valence-electron chi connectivity index (χ2n) is 7.59. The standard InChI is InChI=1S/C22H34N6O.HI/c1-3-24-22(27-18-10-13-28(14-11-18)16-21(29)23-2)25-12-6-7-17-15-26-20-9-5-4-8-19(17)20;/h4-5,8-9,15,18,26H,3,6-7,10-14,16H2,1-2H3,(H,23,29)(H2,24,25,27);1H. The van der Waals surface area contributed by atoms with E-state index in [1.807, 2.05) is 0 Å². The molecule has 8 heteroatoms. The van der Waals surface area contributed by atoms with Gasteiger partial charge in [0.1, 0.15) is 0 Å². The molecule has 166 valence electrons. The minimum absolute atomic E-state index is 0. The molecule has 0 atom stereocenters. The lowest BCUT2D eigenvalue weighted by Gasteiger charge is -2.32. The Morgan fingerprint density at radius 1 is 1.27 bits per heavy atom. The molecule has 1 saturated heterocycles. The van der Waals surface area contributed by atoms with E-state index in [0.717, 1.165) is 57.8 Å². The number of carbonyl (C=O) groups is 1. The van der Waals surface area contributed by atoms with E-state index >= 15 is 0 Å². The third kappa shape index (κ3) is 7.16. The van der Waals surface area contributed by atoms with Crippen molar-refractivity contribution in [2.45, 2.75) is 38.6 Å². The lowest BCUT2D eigenvalue weighted by molar-refractivity contribution is -0.122. The summed E-state index contributed by atoms with van der Waals surface area (Å²) in [4.78, 5) is 21.9. The van der Waals surface area contributed by atoms with Crippen LogP contribution in [0.25, 0.3) is 10.9 Å². The van der Waals surface area contributed by atoms with Crippen molar-refractivity contribution in [1.29, 1.82) is 0 Å². The van der Waals surface area contributed by atoms with E-state index in [2.05, 4.69) is 63.2 Å². The molecule has 3 rings (SSSR count). The van der Waals surface area contributed by atoms with Crippen molar-refractivity contribution in [3.8, 4) is 0 Å². The molecule has 0 spiro atoms. The van der Waals surface area contributed by atoms with Crippen molar-refractivity contribution in [2.75, 3.05) is 39.8 Å². The lowest BCUT2D eigenvalue weighted by atomic mass is 10.1. The third-order valence-electron chi connectivity index (χ3n) is 5.47. The second-order valence-corrected chi connectivity index (χ2v) is 7.59. The van der Waals surface area contributed by atoms with Gasteiger partial charge < -0.3 is 20.9 Å². The first kappa shape index (κ1) is 24.5. The van der Waals surface area contributed by atoms with Gasteiger partial charge in [0.2, 0.25) is 5.91 Å². The minimum Gasteiger partial charge on any atom is -0.361 e. The summed E-state index contributed by atoms with van der Waals surface area (Å²) in [6.45, 7) is 6.10. The molecule has 4 N–H and O–H groups in total. The maximum atomic E-state index is 11.5. The van der Waals surface area contributed by atoms with Crippen molar-refractivity contribution in [3.05, 3.63) is 36.0 Å². The average Bonchev–Trinajstić information content (AvgIpc) is 3.15. The molecule has 1 aliphatic rings. The Morgan fingerprint density at radius 3 is 2.77 bits per heavy atom. The first-order chi connectivity index (χ1) is 14.2. The Hall–Kier alpha value is -1.81. The summed E-state index contributed by atoms with van der Waals surface area (Å²) in [6.07, 6.45) is 6.20. The molecule has 2 aromatic rings. The number of benzene rings is 1. The summed E-state index contributed by atoms with van der Waals surface area (Å²) in [6, 6.07) is 8.84. The number of guanidine groups is 1. The molecular weight excluding hydrogens is 491 g/mol.